The van der Waals surface area contributed by atoms with Gasteiger partial charge in [0.2, 0.25) is 0 Å². The minimum Gasteiger partial charge on any atom is -0.480 e. The highest BCUT2D eigenvalue weighted by Gasteiger charge is 2.25. The molecule has 1 rings (SSSR count). The fraction of sp³-hybridized carbons (Fsp3) is 0.909. The molecule has 2 unspecified atom stereocenters. The summed E-state index contributed by atoms with van der Waals surface area (Å²) in [5.41, 5.74) is 5.48. The van der Waals surface area contributed by atoms with E-state index in [2.05, 4.69) is 13.8 Å². The molecule has 15 heavy (non-hydrogen) atoms. The minimum atomic E-state index is -0.889. The third-order valence-corrected chi connectivity index (χ3v) is 4.37. The highest BCUT2D eigenvalue weighted by Crippen LogP contribution is 2.35. The predicted octanol–water partition coefficient (Wildman–Crippen LogP) is 1.96. The average molecular weight is 231 g/mol. The summed E-state index contributed by atoms with van der Waals surface area (Å²) in [4.78, 5) is 10.6. The topological polar surface area (TPSA) is 63.3 Å². The van der Waals surface area contributed by atoms with E-state index in [0.29, 0.717) is 11.0 Å². The molecule has 0 spiro atoms. The van der Waals surface area contributed by atoms with Gasteiger partial charge in [-0.25, -0.2) is 0 Å². The molecule has 0 aromatic carbocycles. The fourth-order valence-electron chi connectivity index (χ4n) is 2.32. The van der Waals surface area contributed by atoms with E-state index in [1.165, 1.54) is 19.3 Å². The van der Waals surface area contributed by atoms with Gasteiger partial charge in [0.1, 0.15) is 6.04 Å². The maximum Gasteiger partial charge on any atom is 0.321 e. The number of aliphatic carboxylic acids is 1. The Kier molecular flexibility index (Phi) is 4.93. The Morgan fingerprint density at radius 1 is 1.40 bits per heavy atom. The highest BCUT2D eigenvalue weighted by atomic mass is 32.2. The van der Waals surface area contributed by atoms with Gasteiger partial charge < -0.3 is 10.8 Å². The molecule has 0 radical (unpaired) electrons. The van der Waals surface area contributed by atoms with E-state index in [4.69, 9.17) is 10.8 Å². The molecule has 1 aliphatic carbocycles. The first-order valence-corrected chi connectivity index (χ1v) is 6.64. The molecule has 4 heteroatoms. The molecule has 0 saturated heterocycles. The summed E-state index contributed by atoms with van der Waals surface area (Å²) in [6, 6.07) is -0.706. The summed E-state index contributed by atoms with van der Waals surface area (Å²) in [6.45, 7) is 4.56. The standard InChI is InChI=1S/C11H21NO2S/c1-7-3-8(2)5-9(4-7)15-6-10(12)11(13)14/h7-10H,3-6,12H2,1-2H3,(H,13,14)/t7?,8?,9?,10-/m1/s1. The zero-order valence-corrected chi connectivity index (χ0v) is 10.3. The molecular weight excluding hydrogens is 210 g/mol. The van der Waals surface area contributed by atoms with Gasteiger partial charge in [0.25, 0.3) is 0 Å². The summed E-state index contributed by atoms with van der Waals surface area (Å²) in [5, 5.41) is 9.28. The third kappa shape index (κ3) is 4.43. The molecule has 1 aliphatic rings. The van der Waals surface area contributed by atoms with Crippen LogP contribution in [-0.2, 0) is 4.79 Å². The second-order valence-electron chi connectivity index (χ2n) is 4.82. The maximum atomic E-state index is 10.6. The van der Waals surface area contributed by atoms with Gasteiger partial charge in [0, 0.05) is 11.0 Å². The molecule has 0 amide bonds. The van der Waals surface area contributed by atoms with Crippen molar-refractivity contribution in [2.45, 2.75) is 44.4 Å². The van der Waals surface area contributed by atoms with Gasteiger partial charge in [-0.3, -0.25) is 4.79 Å². The van der Waals surface area contributed by atoms with Crippen LogP contribution in [-0.4, -0.2) is 28.1 Å². The molecule has 0 bridgehead atoms. The lowest BCUT2D eigenvalue weighted by molar-refractivity contribution is -0.137. The van der Waals surface area contributed by atoms with Gasteiger partial charge in [-0.1, -0.05) is 13.8 Å². The Morgan fingerprint density at radius 2 is 1.93 bits per heavy atom. The van der Waals surface area contributed by atoms with E-state index < -0.39 is 12.0 Å². The first-order valence-electron chi connectivity index (χ1n) is 5.59. The van der Waals surface area contributed by atoms with Crippen LogP contribution < -0.4 is 5.73 Å². The lowest BCUT2D eigenvalue weighted by Crippen LogP contribution is -2.34. The molecular formula is C11H21NO2S. The molecule has 0 aliphatic heterocycles. The lowest BCUT2D eigenvalue weighted by atomic mass is 9.83. The van der Waals surface area contributed by atoms with Crippen LogP contribution in [0.4, 0.5) is 0 Å². The predicted molar refractivity (Wildman–Crippen MR) is 64.0 cm³/mol. The van der Waals surface area contributed by atoms with Gasteiger partial charge in [0.05, 0.1) is 0 Å². The highest BCUT2D eigenvalue weighted by molar-refractivity contribution is 7.99. The van der Waals surface area contributed by atoms with E-state index in [9.17, 15) is 4.79 Å². The molecule has 0 heterocycles. The molecule has 0 aromatic heterocycles. The van der Waals surface area contributed by atoms with Gasteiger partial charge >= 0.3 is 5.97 Å². The second-order valence-corrected chi connectivity index (χ2v) is 6.15. The Bertz CT molecular complexity index is 213. The first-order chi connectivity index (χ1) is 6.99. The van der Waals surface area contributed by atoms with E-state index in [-0.39, 0.29) is 0 Å². The van der Waals surface area contributed by atoms with Crippen LogP contribution in [0.15, 0.2) is 0 Å². The third-order valence-electron chi connectivity index (χ3n) is 2.96. The van der Waals surface area contributed by atoms with Gasteiger partial charge in [0.15, 0.2) is 0 Å². The zero-order valence-electron chi connectivity index (χ0n) is 9.48. The van der Waals surface area contributed by atoms with Gasteiger partial charge in [-0.2, -0.15) is 11.8 Å². The minimum absolute atomic E-state index is 0.541. The quantitative estimate of drug-likeness (QED) is 0.776. The largest absolute Gasteiger partial charge is 0.480 e. The number of carbonyl (C=O) groups is 1. The van der Waals surface area contributed by atoms with E-state index in [1.807, 2.05) is 0 Å². The molecule has 3 atom stereocenters. The van der Waals surface area contributed by atoms with Crippen molar-refractivity contribution in [2.75, 3.05) is 5.75 Å². The Labute approximate surface area is 95.8 Å². The van der Waals surface area contributed by atoms with Crippen LogP contribution in [0.25, 0.3) is 0 Å². The maximum absolute atomic E-state index is 10.6. The Hall–Kier alpha value is -0.220. The molecule has 88 valence electrons. The molecule has 3 nitrogen and oxygen atoms in total. The smallest absolute Gasteiger partial charge is 0.321 e. The normalized spacial score (nSPS) is 33.7. The van der Waals surface area contributed by atoms with Crippen LogP contribution in [0.1, 0.15) is 33.1 Å². The number of hydrogen-bond acceptors (Lipinski definition) is 3. The van der Waals surface area contributed by atoms with Crippen molar-refractivity contribution in [3.05, 3.63) is 0 Å². The lowest BCUT2D eigenvalue weighted by Gasteiger charge is -2.31. The van der Waals surface area contributed by atoms with Gasteiger partial charge in [-0.05, 0) is 31.1 Å². The van der Waals surface area contributed by atoms with Crippen molar-refractivity contribution in [2.24, 2.45) is 17.6 Å². The van der Waals surface area contributed by atoms with Crippen molar-refractivity contribution in [1.82, 2.24) is 0 Å². The summed E-state index contributed by atoms with van der Waals surface area (Å²) >= 11 is 1.74. The van der Waals surface area contributed by atoms with Crippen molar-refractivity contribution in [3.63, 3.8) is 0 Å². The molecule has 3 N–H and O–H groups in total. The summed E-state index contributed by atoms with van der Waals surface area (Å²) in [6.07, 6.45) is 3.73. The Balaban J connectivity index is 2.29. The van der Waals surface area contributed by atoms with Crippen LogP contribution >= 0.6 is 11.8 Å². The van der Waals surface area contributed by atoms with Crippen LogP contribution in [0, 0.1) is 11.8 Å². The summed E-state index contributed by atoms with van der Waals surface area (Å²) in [5.74, 6) is 1.19. The first kappa shape index (κ1) is 12.8. The SMILES string of the molecule is CC1CC(C)CC(SC[C@@H](N)C(=O)O)C1. The zero-order chi connectivity index (χ0) is 11.4. The van der Waals surface area contributed by atoms with Crippen molar-refractivity contribution in [1.29, 1.82) is 0 Å². The number of carboxylic acid groups (broad SMARTS) is 1. The number of thioether (sulfide) groups is 1. The molecule has 1 saturated carbocycles. The molecule has 1 fully saturated rings. The Morgan fingerprint density at radius 3 is 2.40 bits per heavy atom. The fourth-order valence-corrected chi connectivity index (χ4v) is 3.87. The second kappa shape index (κ2) is 5.75. The van der Waals surface area contributed by atoms with Crippen LogP contribution in [0.3, 0.4) is 0 Å². The number of nitrogens with two attached hydrogens (primary N) is 1. The molecule has 0 aromatic rings. The van der Waals surface area contributed by atoms with E-state index in [0.717, 1.165) is 11.8 Å². The summed E-state index contributed by atoms with van der Waals surface area (Å²) < 4.78 is 0. The van der Waals surface area contributed by atoms with Crippen molar-refractivity contribution >= 4 is 17.7 Å². The van der Waals surface area contributed by atoms with E-state index in [1.54, 1.807) is 11.8 Å². The van der Waals surface area contributed by atoms with Crippen LogP contribution in [0.5, 0.6) is 0 Å². The van der Waals surface area contributed by atoms with Crippen molar-refractivity contribution < 1.29 is 9.90 Å². The monoisotopic (exact) mass is 231 g/mol. The van der Waals surface area contributed by atoms with Crippen LogP contribution in [0.2, 0.25) is 0 Å². The number of hydrogen-bond donors (Lipinski definition) is 2. The van der Waals surface area contributed by atoms with Crippen molar-refractivity contribution in [3.8, 4) is 0 Å². The number of carboxylic acids is 1. The number of rotatable bonds is 4. The average Bonchev–Trinajstić information content (AvgIpc) is 2.12. The van der Waals surface area contributed by atoms with E-state index >= 15 is 0 Å². The summed E-state index contributed by atoms with van der Waals surface area (Å²) in [7, 11) is 0. The van der Waals surface area contributed by atoms with Gasteiger partial charge in [-0.15, -0.1) is 0 Å².